The van der Waals surface area contributed by atoms with E-state index in [-0.39, 0.29) is 17.7 Å². The summed E-state index contributed by atoms with van der Waals surface area (Å²) < 4.78 is 4.96. The highest BCUT2D eigenvalue weighted by molar-refractivity contribution is 5.80. The van der Waals surface area contributed by atoms with Crippen molar-refractivity contribution in [2.75, 3.05) is 21.2 Å². The van der Waals surface area contributed by atoms with Crippen LogP contribution in [-0.2, 0) is 11.3 Å². The SMILES string of the molecule is COc1ccc(CNC(C)C(=O)N(C)C)cc1O. The van der Waals surface area contributed by atoms with Crippen molar-refractivity contribution in [1.29, 1.82) is 0 Å². The van der Waals surface area contributed by atoms with Gasteiger partial charge in [0.05, 0.1) is 13.2 Å². The molecule has 1 unspecified atom stereocenters. The number of amides is 1. The zero-order valence-corrected chi connectivity index (χ0v) is 11.2. The molecule has 1 amide bonds. The van der Waals surface area contributed by atoms with Gasteiger partial charge in [-0.3, -0.25) is 4.79 Å². The number of ether oxygens (including phenoxy) is 1. The van der Waals surface area contributed by atoms with Crippen molar-refractivity contribution < 1.29 is 14.6 Å². The number of carbonyl (C=O) groups is 1. The van der Waals surface area contributed by atoms with Crippen LogP contribution in [0.1, 0.15) is 12.5 Å². The summed E-state index contributed by atoms with van der Waals surface area (Å²) in [5, 5.41) is 12.7. The lowest BCUT2D eigenvalue weighted by Crippen LogP contribution is -2.41. The molecule has 1 atom stereocenters. The Morgan fingerprint density at radius 3 is 2.67 bits per heavy atom. The lowest BCUT2D eigenvalue weighted by molar-refractivity contribution is -0.130. The summed E-state index contributed by atoms with van der Waals surface area (Å²) in [6, 6.07) is 4.91. The van der Waals surface area contributed by atoms with Crippen molar-refractivity contribution in [3.8, 4) is 11.5 Å². The number of methoxy groups -OCH3 is 1. The van der Waals surface area contributed by atoms with E-state index < -0.39 is 0 Å². The van der Waals surface area contributed by atoms with Crippen molar-refractivity contribution in [3.05, 3.63) is 23.8 Å². The molecule has 0 saturated heterocycles. The van der Waals surface area contributed by atoms with Crippen molar-refractivity contribution in [2.45, 2.75) is 19.5 Å². The molecule has 0 aliphatic carbocycles. The van der Waals surface area contributed by atoms with Crippen molar-refractivity contribution in [3.63, 3.8) is 0 Å². The fourth-order valence-corrected chi connectivity index (χ4v) is 1.59. The van der Waals surface area contributed by atoms with Gasteiger partial charge in [0.15, 0.2) is 11.5 Å². The number of benzene rings is 1. The van der Waals surface area contributed by atoms with Crippen LogP contribution >= 0.6 is 0 Å². The van der Waals surface area contributed by atoms with Crippen molar-refractivity contribution in [1.82, 2.24) is 10.2 Å². The van der Waals surface area contributed by atoms with E-state index >= 15 is 0 Å². The molecule has 0 aliphatic heterocycles. The molecule has 100 valence electrons. The quantitative estimate of drug-likeness (QED) is 0.819. The van der Waals surface area contributed by atoms with Gasteiger partial charge in [0.25, 0.3) is 0 Å². The fraction of sp³-hybridized carbons (Fsp3) is 0.462. The maximum absolute atomic E-state index is 11.6. The van der Waals surface area contributed by atoms with Crippen LogP contribution in [0.5, 0.6) is 11.5 Å². The van der Waals surface area contributed by atoms with Crippen LogP contribution in [0.4, 0.5) is 0 Å². The predicted octanol–water partition coefficient (Wildman–Crippen LogP) is 0.967. The van der Waals surface area contributed by atoms with Gasteiger partial charge in [-0.05, 0) is 24.6 Å². The minimum Gasteiger partial charge on any atom is -0.504 e. The number of nitrogens with zero attached hydrogens (tertiary/aromatic N) is 1. The second-order valence-corrected chi connectivity index (χ2v) is 4.34. The summed E-state index contributed by atoms with van der Waals surface area (Å²) in [6.45, 7) is 2.32. The Hall–Kier alpha value is -1.75. The minimum absolute atomic E-state index is 0.0210. The molecule has 5 heteroatoms. The summed E-state index contributed by atoms with van der Waals surface area (Å²) in [7, 11) is 4.95. The fourth-order valence-electron chi connectivity index (χ4n) is 1.59. The summed E-state index contributed by atoms with van der Waals surface area (Å²) in [5.41, 5.74) is 0.895. The lowest BCUT2D eigenvalue weighted by Gasteiger charge is -2.18. The molecule has 18 heavy (non-hydrogen) atoms. The van der Waals surface area contributed by atoms with Gasteiger partial charge in [0.1, 0.15) is 0 Å². The Morgan fingerprint density at radius 1 is 1.50 bits per heavy atom. The van der Waals surface area contributed by atoms with Gasteiger partial charge < -0.3 is 20.1 Å². The molecule has 0 heterocycles. The number of nitrogens with one attached hydrogen (secondary N) is 1. The molecule has 0 aliphatic rings. The second-order valence-electron chi connectivity index (χ2n) is 4.34. The molecule has 0 spiro atoms. The van der Waals surface area contributed by atoms with Crippen molar-refractivity contribution in [2.24, 2.45) is 0 Å². The van der Waals surface area contributed by atoms with E-state index in [1.165, 1.54) is 7.11 Å². The van der Waals surface area contributed by atoms with E-state index in [2.05, 4.69) is 5.32 Å². The zero-order valence-electron chi connectivity index (χ0n) is 11.2. The summed E-state index contributed by atoms with van der Waals surface area (Å²) in [5.74, 6) is 0.562. The Kier molecular flexibility index (Phi) is 4.97. The van der Waals surface area contributed by atoms with Crippen LogP contribution in [0, 0.1) is 0 Å². The Labute approximate surface area is 107 Å². The average molecular weight is 252 g/mol. The third kappa shape index (κ3) is 3.63. The van der Waals surface area contributed by atoms with Gasteiger partial charge >= 0.3 is 0 Å². The number of hydrogen-bond donors (Lipinski definition) is 2. The molecule has 0 bridgehead atoms. The summed E-state index contributed by atoms with van der Waals surface area (Å²) in [6.07, 6.45) is 0. The van der Waals surface area contributed by atoms with E-state index in [0.29, 0.717) is 12.3 Å². The van der Waals surface area contributed by atoms with Gasteiger partial charge in [-0.15, -0.1) is 0 Å². The highest BCUT2D eigenvalue weighted by Crippen LogP contribution is 2.26. The molecule has 1 aromatic carbocycles. The Bertz CT molecular complexity index is 419. The number of hydrogen-bond acceptors (Lipinski definition) is 4. The molecule has 5 nitrogen and oxygen atoms in total. The van der Waals surface area contributed by atoms with E-state index in [1.54, 1.807) is 31.1 Å². The third-order valence-electron chi connectivity index (χ3n) is 2.67. The molecule has 0 radical (unpaired) electrons. The number of aromatic hydroxyl groups is 1. The number of phenolic OH excluding ortho intramolecular Hbond substituents is 1. The van der Waals surface area contributed by atoms with Crippen LogP contribution in [0.25, 0.3) is 0 Å². The average Bonchev–Trinajstić information content (AvgIpc) is 2.35. The Morgan fingerprint density at radius 2 is 2.17 bits per heavy atom. The topological polar surface area (TPSA) is 61.8 Å². The maximum atomic E-state index is 11.6. The lowest BCUT2D eigenvalue weighted by atomic mass is 10.2. The molecule has 0 fully saturated rings. The molecule has 1 rings (SSSR count). The number of carbonyl (C=O) groups excluding carboxylic acids is 1. The molecule has 0 saturated carbocycles. The van der Waals surface area contributed by atoms with Gasteiger partial charge in [-0.2, -0.15) is 0 Å². The van der Waals surface area contributed by atoms with Crippen LogP contribution in [0.15, 0.2) is 18.2 Å². The van der Waals surface area contributed by atoms with Crippen molar-refractivity contribution >= 4 is 5.91 Å². The third-order valence-corrected chi connectivity index (χ3v) is 2.67. The summed E-state index contributed by atoms with van der Waals surface area (Å²) >= 11 is 0. The van der Waals surface area contributed by atoms with E-state index in [4.69, 9.17) is 4.74 Å². The highest BCUT2D eigenvalue weighted by atomic mass is 16.5. The normalized spacial score (nSPS) is 12.0. The zero-order chi connectivity index (χ0) is 13.7. The largest absolute Gasteiger partial charge is 0.504 e. The second kappa shape index (κ2) is 6.26. The first-order chi connectivity index (χ1) is 8.45. The number of likely N-dealkylation sites (N-methyl/N-ethyl adjacent to an activating group) is 1. The molecule has 1 aromatic rings. The first-order valence-corrected chi connectivity index (χ1v) is 5.76. The van der Waals surface area contributed by atoms with Crippen LogP contribution in [-0.4, -0.2) is 43.2 Å². The van der Waals surface area contributed by atoms with Crippen LogP contribution in [0.3, 0.4) is 0 Å². The number of rotatable bonds is 5. The first kappa shape index (κ1) is 14.3. The van der Waals surface area contributed by atoms with Gasteiger partial charge in [0.2, 0.25) is 5.91 Å². The van der Waals surface area contributed by atoms with E-state index in [1.807, 2.05) is 13.0 Å². The minimum atomic E-state index is -0.260. The van der Waals surface area contributed by atoms with Gasteiger partial charge in [0, 0.05) is 20.6 Å². The van der Waals surface area contributed by atoms with Gasteiger partial charge in [-0.1, -0.05) is 6.07 Å². The summed E-state index contributed by atoms with van der Waals surface area (Å²) in [4.78, 5) is 13.2. The number of phenols is 1. The predicted molar refractivity (Wildman–Crippen MR) is 69.7 cm³/mol. The highest BCUT2D eigenvalue weighted by Gasteiger charge is 2.13. The smallest absolute Gasteiger partial charge is 0.238 e. The van der Waals surface area contributed by atoms with E-state index in [0.717, 1.165) is 5.56 Å². The van der Waals surface area contributed by atoms with Crippen LogP contribution in [0.2, 0.25) is 0 Å². The molecule has 0 aromatic heterocycles. The molecule has 2 N–H and O–H groups in total. The van der Waals surface area contributed by atoms with Crippen LogP contribution < -0.4 is 10.1 Å². The first-order valence-electron chi connectivity index (χ1n) is 5.76. The standard InChI is InChI=1S/C13H20N2O3/c1-9(13(17)15(2)3)14-8-10-5-6-12(18-4)11(16)7-10/h5-7,9,14,16H,8H2,1-4H3. The maximum Gasteiger partial charge on any atom is 0.238 e. The Balaban J connectivity index is 2.59. The molecular formula is C13H20N2O3. The monoisotopic (exact) mass is 252 g/mol. The molecular weight excluding hydrogens is 232 g/mol. The van der Waals surface area contributed by atoms with E-state index in [9.17, 15) is 9.90 Å². The van der Waals surface area contributed by atoms with Gasteiger partial charge in [-0.25, -0.2) is 0 Å².